The average molecular weight is 279 g/mol. The molecular weight excluding hydrogens is 269 g/mol. The summed E-state index contributed by atoms with van der Waals surface area (Å²) in [6.45, 7) is 0. The van der Waals surface area contributed by atoms with E-state index in [9.17, 15) is 0 Å². The molecule has 0 bridgehead atoms. The lowest BCUT2D eigenvalue weighted by Crippen LogP contribution is -2.09. The lowest BCUT2D eigenvalue weighted by Gasteiger charge is -2.12. The van der Waals surface area contributed by atoms with Crippen LogP contribution in [0.5, 0.6) is 0 Å². The van der Waals surface area contributed by atoms with Gasteiger partial charge in [0, 0.05) is 0 Å². The lowest BCUT2D eigenvalue weighted by molar-refractivity contribution is 1.58. The fraction of sp³-hybridized carbons (Fsp3) is 0. The Hall–Kier alpha value is -1.05. The van der Waals surface area contributed by atoms with Gasteiger partial charge >= 0.3 is 0 Å². The molecule has 5 nitrogen and oxygen atoms in total. The highest BCUT2D eigenvalue weighted by Crippen LogP contribution is 2.38. The topological polar surface area (TPSA) is 130 Å². The molecule has 0 aliphatic carbocycles. The van der Waals surface area contributed by atoms with Crippen molar-refractivity contribution in [3.63, 3.8) is 0 Å². The summed E-state index contributed by atoms with van der Waals surface area (Å²) in [7, 11) is 0. The van der Waals surface area contributed by atoms with Crippen molar-refractivity contribution in [2.45, 2.75) is 0 Å². The summed E-state index contributed by atoms with van der Waals surface area (Å²) in [5.74, 6) is 0. The van der Waals surface area contributed by atoms with E-state index in [1.54, 1.807) is 0 Å². The van der Waals surface area contributed by atoms with Crippen LogP contribution in [0.15, 0.2) is 0 Å². The van der Waals surface area contributed by atoms with Gasteiger partial charge in [-0.15, -0.1) is 0 Å². The van der Waals surface area contributed by atoms with Crippen molar-refractivity contribution in [3.8, 4) is 0 Å². The van der Waals surface area contributed by atoms with Gasteiger partial charge in [0.15, 0.2) is 0 Å². The van der Waals surface area contributed by atoms with Gasteiger partial charge < -0.3 is 28.7 Å². The smallest absolute Gasteiger partial charge is 0.0824 e. The van der Waals surface area contributed by atoms with E-state index < -0.39 is 0 Å². The van der Waals surface area contributed by atoms with Crippen LogP contribution in [0.4, 0.5) is 28.4 Å². The van der Waals surface area contributed by atoms with E-state index in [4.69, 9.17) is 28.7 Å². The van der Waals surface area contributed by atoms with Crippen LogP contribution in [-0.2, 0) is 0 Å². The quantitative estimate of drug-likeness (QED) is 0.342. The highest BCUT2D eigenvalue weighted by atomic mass is 127. The Bertz CT molecular complexity index is 230. The van der Waals surface area contributed by atoms with Gasteiger partial charge in [0.1, 0.15) is 0 Å². The van der Waals surface area contributed by atoms with Crippen LogP contribution in [0.2, 0.25) is 0 Å². The van der Waals surface area contributed by atoms with E-state index in [1.165, 1.54) is 0 Å². The minimum absolute atomic E-state index is 0.255. The standard InChI is InChI=1S/C6H10IN5/c7-1-2(8)4(10)6(12)5(11)3(1)9/h8-12H2. The van der Waals surface area contributed by atoms with Crippen molar-refractivity contribution in [1.82, 2.24) is 0 Å². The van der Waals surface area contributed by atoms with Gasteiger partial charge in [-0.2, -0.15) is 0 Å². The number of hydrogen-bond donors (Lipinski definition) is 5. The molecule has 1 aromatic rings. The zero-order valence-electron chi connectivity index (χ0n) is 6.26. The number of halogens is 1. The Balaban J connectivity index is 3.60. The Kier molecular flexibility index (Phi) is 2.09. The SMILES string of the molecule is Nc1c(N)c(N)c(I)c(N)c1N. The van der Waals surface area contributed by atoms with Crippen LogP contribution in [0.25, 0.3) is 0 Å². The molecule has 0 saturated carbocycles. The molecule has 1 aromatic carbocycles. The molecular formula is C6H10IN5. The highest BCUT2D eigenvalue weighted by Gasteiger charge is 2.12. The molecule has 12 heavy (non-hydrogen) atoms. The number of hydrogen-bond acceptors (Lipinski definition) is 5. The summed E-state index contributed by atoms with van der Waals surface area (Å²) in [6, 6.07) is 0. The zero-order chi connectivity index (χ0) is 9.46. The molecule has 10 N–H and O–H groups in total. The molecule has 1 rings (SSSR count). The molecule has 0 fully saturated rings. The van der Waals surface area contributed by atoms with Gasteiger partial charge in [0.05, 0.1) is 32.0 Å². The van der Waals surface area contributed by atoms with E-state index in [0.29, 0.717) is 26.3 Å². The fourth-order valence-electron chi connectivity index (χ4n) is 0.817. The van der Waals surface area contributed by atoms with Crippen molar-refractivity contribution in [3.05, 3.63) is 3.57 Å². The van der Waals surface area contributed by atoms with Crippen LogP contribution in [-0.4, -0.2) is 0 Å². The van der Waals surface area contributed by atoms with Gasteiger partial charge in [-0.25, -0.2) is 0 Å². The summed E-state index contributed by atoms with van der Waals surface area (Å²) in [4.78, 5) is 0. The third-order valence-electron chi connectivity index (χ3n) is 1.63. The maximum absolute atomic E-state index is 5.60. The molecule has 0 saturated heterocycles. The molecule has 0 aromatic heterocycles. The van der Waals surface area contributed by atoms with Crippen LogP contribution in [0, 0.1) is 3.57 Å². The van der Waals surface area contributed by atoms with Gasteiger partial charge in [-0.3, -0.25) is 0 Å². The van der Waals surface area contributed by atoms with E-state index in [-0.39, 0.29) is 5.69 Å². The van der Waals surface area contributed by atoms with Crippen molar-refractivity contribution in [2.75, 3.05) is 28.7 Å². The van der Waals surface area contributed by atoms with Crippen LogP contribution in [0.3, 0.4) is 0 Å². The predicted molar refractivity (Wildman–Crippen MR) is 61.2 cm³/mol. The van der Waals surface area contributed by atoms with Crippen LogP contribution < -0.4 is 28.7 Å². The van der Waals surface area contributed by atoms with Crippen molar-refractivity contribution in [2.24, 2.45) is 0 Å². The highest BCUT2D eigenvalue weighted by molar-refractivity contribution is 14.1. The Morgan fingerprint density at radius 3 is 1.17 bits per heavy atom. The number of nitrogen functional groups attached to an aromatic ring is 5. The molecule has 0 unspecified atom stereocenters. The molecule has 0 radical (unpaired) electrons. The molecule has 0 amide bonds. The maximum Gasteiger partial charge on any atom is 0.0824 e. The van der Waals surface area contributed by atoms with E-state index in [2.05, 4.69) is 0 Å². The Labute approximate surface area is 83.4 Å². The van der Waals surface area contributed by atoms with Crippen LogP contribution >= 0.6 is 22.6 Å². The van der Waals surface area contributed by atoms with E-state index in [1.807, 2.05) is 22.6 Å². The third kappa shape index (κ3) is 1.07. The van der Waals surface area contributed by atoms with Crippen molar-refractivity contribution < 1.29 is 0 Å². The summed E-state index contributed by atoms with van der Waals surface area (Å²) in [6.07, 6.45) is 0. The van der Waals surface area contributed by atoms with E-state index >= 15 is 0 Å². The summed E-state index contributed by atoms with van der Waals surface area (Å²) >= 11 is 1.97. The predicted octanol–water partition coefficient (Wildman–Crippen LogP) is 0.202. The van der Waals surface area contributed by atoms with Crippen LogP contribution in [0.1, 0.15) is 0 Å². The van der Waals surface area contributed by atoms with Crippen molar-refractivity contribution in [1.29, 1.82) is 0 Å². The second-order valence-electron chi connectivity index (χ2n) is 2.38. The first-order valence-electron chi connectivity index (χ1n) is 3.13. The van der Waals surface area contributed by atoms with Gasteiger partial charge in [0.2, 0.25) is 0 Å². The van der Waals surface area contributed by atoms with Gasteiger partial charge in [-0.1, -0.05) is 0 Å². The maximum atomic E-state index is 5.60. The normalized spacial score (nSPS) is 10.1. The summed E-state index contributed by atoms with van der Waals surface area (Å²) < 4.78 is 0.650. The Morgan fingerprint density at radius 1 is 0.583 bits per heavy atom. The number of rotatable bonds is 0. The second-order valence-corrected chi connectivity index (χ2v) is 3.46. The minimum atomic E-state index is 0.255. The molecule has 0 spiro atoms. The minimum Gasteiger partial charge on any atom is -0.396 e. The first-order valence-corrected chi connectivity index (χ1v) is 4.21. The van der Waals surface area contributed by atoms with Crippen molar-refractivity contribution >= 4 is 51.0 Å². The molecule has 0 aliphatic rings. The second kappa shape index (κ2) is 2.77. The summed E-state index contributed by atoms with van der Waals surface area (Å²) in [5.41, 5.74) is 29.5. The first kappa shape index (κ1) is 9.04. The van der Waals surface area contributed by atoms with Gasteiger partial charge in [0.25, 0.3) is 0 Å². The summed E-state index contributed by atoms with van der Waals surface area (Å²) in [5, 5.41) is 0. The molecule has 0 heterocycles. The monoisotopic (exact) mass is 279 g/mol. The molecule has 6 heteroatoms. The van der Waals surface area contributed by atoms with Gasteiger partial charge in [-0.05, 0) is 22.6 Å². The third-order valence-corrected chi connectivity index (χ3v) is 2.80. The van der Waals surface area contributed by atoms with E-state index in [0.717, 1.165) is 0 Å². The fourth-order valence-corrected chi connectivity index (χ4v) is 1.40. The molecule has 0 atom stereocenters. The average Bonchev–Trinajstić information content (AvgIpc) is 2.08. The first-order chi connectivity index (χ1) is 5.46. The zero-order valence-corrected chi connectivity index (χ0v) is 8.42. The number of benzene rings is 1. The number of anilines is 5. The molecule has 66 valence electrons. The molecule has 0 aliphatic heterocycles. The largest absolute Gasteiger partial charge is 0.396 e. The number of nitrogens with two attached hydrogens (primary N) is 5. The lowest BCUT2D eigenvalue weighted by atomic mass is 10.2. The Morgan fingerprint density at radius 2 is 0.833 bits per heavy atom.